The SMILES string of the molecule is CC(C)(C)[C@H](NC(=O)c1ccc(N)c(Cl)c1)C(=O)N1C2CC[C@@H](C2)[C@H]1C(=O)N[C@H](C=O)CC(=O)O. The van der Waals surface area contributed by atoms with Crippen molar-refractivity contribution in [1.82, 2.24) is 15.5 Å². The Kier molecular flexibility index (Phi) is 7.74. The van der Waals surface area contributed by atoms with Gasteiger partial charge in [-0.2, -0.15) is 0 Å². The number of carbonyl (C=O) groups excluding carboxylic acids is 4. The number of fused-ring (bicyclic) bond motifs is 2. The van der Waals surface area contributed by atoms with E-state index in [0.717, 1.165) is 12.8 Å². The van der Waals surface area contributed by atoms with Gasteiger partial charge in [-0.3, -0.25) is 19.2 Å². The molecule has 1 aliphatic heterocycles. The molecule has 10 nitrogen and oxygen atoms in total. The van der Waals surface area contributed by atoms with Crippen LogP contribution in [0.3, 0.4) is 0 Å². The van der Waals surface area contributed by atoms with Gasteiger partial charge in [0.1, 0.15) is 18.4 Å². The van der Waals surface area contributed by atoms with E-state index in [2.05, 4.69) is 10.6 Å². The van der Waals surface area contributed by atoms with E-state index in [1.54, 1.807) is 0 Å². The lowest BCUT2D eigenvalue weighted by Gasteiger charge is -2.40. The van der Waals surface area contributed by atoms with Gasteiger partial charge >= 0.3 is 5.97 Å². The van der Waals surface area contributed by atoms with E-state index in [4.69, 9.17) is 22.4 Å². The summed E-state index contributed by atoms with van der Waals surface area (Å²) in [6.45, 7) is 5.43. The molecule has 5 N–H and O–H groups in total. The maximum Gasteiger partial charge on any atom is 0.305 e. The van der Waals surface area contributed by atoms with Crippen LogP contribution in [0, 0.1) is 11.3 Å². The summed E-state index contributed by atoms with van der Waals surface area (Å²) in [6, 6.07) is 1.27. The highest BCUT2D eigenvalue weighted by molar-refractivity contribution is 6.33. The molecule has 1 heterocycles. The van der Waals surface area contributed by atoms with E-state index < -0.39 is 53.7 Å². The third kappa shape index (κ3) is 5.75. The summed E-state index contributed by atoms with van der Waals surface area (Å²) in [5, 5.41) is 14.5. The van der Waals surface area contributed by atoms with Crippen molar-refractivity contribution in [2.75, 3.05) is 5.73 Å². The predicted octanol–water partition coefficient (Wildman–Crippen LogP) is 1.60. The van der Waals surface area contributed by atoms with Gasteiger partial charge < -0.3 is 31.2 Å². The highest BCUT2D eigenvalue weighted by Gasteiger charge is 2.53. The number of hydrogen-bond donors (Lipinski definition) is 4. The van der Waals surface area contributed by atoms with Crippen LogP contribution in [0.25, 0.3) is 0 Å². The first-order chi connectivity index (χ1) is 16.3. The Balaban J connectivity index is 1.84. The number of hydrogen-bond acceptors (Lipinski definition) is 6. The molecule has 2 aliphatic rings. The van der Waals surface area contributed by atoms with Crippen LogP contribution in [0.4, 0.5) is 5.69 Å². The van der Waals surface area contributed by atoms with Crippen LogP contribution in [-0.2, 0) is 19.2 Å². The molecule has 5 atom stereocenters. The molecule has 1 saturated carbocycles. The molecule has 3 rings (SSSR count). The highest BCUT2D eigenvalue weighted by atomic mass is 35.5. The van der Waals surface area contributed by atoms with Crippen LogP contribution >= 0.6 is 11.6 Å². The van der Waals surface area contributed by atoms with Gasteiger partial charge in [0.05, 0.1) is 23.2 Å². The Hall–Kier alpha value is -3.14. The summed E-state index contributed by atoms with van der Waals surface area (Å²) in [4.78, 5) is 63.7. The van der Waals surface area contributed by atoms with Gasteiger partial charge in [-0.1, -0.05) is 32.4 Å². The van der Waals surface area contributed by atoms with E-state index in [1.165, 1.54) is 23.1 Å². The van der Waals surface area contributed by atoms with E-state index in [1.807, 2.05) is 20.8 Å². The second-order valence-corrected chi connectivity index (χ2v) is 10.7. The molecule has 3 amide bonds. The molecule has 2 bridgehead atoms. The van der Waals surface area contributed by atoms with Crippen molar-refractivity contribution >= 4 is 47.3 Å². The Labute approximate surface area is 208 Å². The Morgan fingerprint density at radius 1 is 1.23 bits per heavy atom. The van der Waals surface area contributed by atoms with Crippen molar-refractivity contribution in [3.8, 4) is 0 Å². The summed E-state index contributed by atoms with van der Waals surface area (Å²) in [5.74, 6) is -2.79. The fourth-order valence-electron chi connectivity index (χ4n) is 4.91. The summed E-state index contributed by atoms with van der Waals surface area (Å²) in [6.07, 6.45) is 1.93. The minimum absolute atomic E-state index is 0.103. The van der Waals surface area contributed by atoms with Crippen LogP contribution in [-0.4, -0.2) is 64.2 Å². The lowest BCUT2D eigenvalue weighted by molar-refractivity contribution is -0.147. The second-order valence-electron chi connectivity index (χ2n) is 10.3. The summed E-state index contributed by atoms with van der Waals surface area (Å²) >= 11 is 6.05. The predicted molar refractivity (Wildman–Crippen MR) is 129 cm³/mol. The highest BCUT2D eigenvalue weighted by Crippen LogP contribution is 2.43. The first-order valence-corrected chi connectivity index (χ1v) is 11.9. The number of nitrogens with two attached hydrogens (primary N) is 1. The zero-order valence-corrected chi connectivity index (χ0v) is 20.7. The molecule has 1 aromatic carbocycles. The Bertz CT molecular complexity index is 1040. The lowest BCUT2D eigenvalue weighted by Crippen LogP contribution is -2.61. The molecule has 1 saturated heterocycles. The van der Waals surface area contributed by atoms with Crippen molar-refractivity contribution < 1.29 is 29.1 Å². The molecule has 1 aromatic rings. The molecule has 0 spiro atoms. The van der Waals surface area contributed by atoms with Crippen LogP contribution in [0.5, 0.6) is 0 Å². The fraction of sp³-hybridized carbons (Fsp3) is 0.542. The number of rotatable bonds is 8. The normalized spacial score (nSPS) is 22.9. The second kappa shape index (κ2) is 10.2. The Morgan fingerprint density at radius 3 is 2.49 bits per heavy atom. The molecule has 35 heavy (non-hydrogen) atoms. The number of nitrogens with zero attached hydrogens (tertiary/aromatic N) is 1. The number of carbonyl (C=O) groups is 5. The van der Waals surface area contributed by atoms with Gasteiger partial charge in [-0.05, 0) is 48.8 Å². The van der Waals surface area contributed by atoms with E-state index in [0.29, 0.717) is 18.4 Å². The number of aldehydes is 1. The van der Waals surface area contributed by atoms with Crippen LogP contribution in [0.1, 0.15) is 56.8 Å². The van der Waals surface area contributed by atoms with Crippen molar-refractivity contribution in [3.05, 3.63) is 28.8 Å². The standard InChI is InChI=1S/C24H31ClN4O6/c1-24(2,3)20(28-21(33)13-5-7-17(26)16(25)9-13)23(35)29-15-6-4-12(8-15)19(29)22(34)27-14(11-30)10-18(31)32/h5,7,9,11-12,14-15,19-20H,4,6,8,10,26H2,1-3H3,(H,27,34)(H,28,33)(H,31,32)/t12-,14-,15?,19-,20+/m0/s1. The van der Waals surface area contributed by atoms with E-state index in [9.17, 15) is 24.0 Å². The quantitative estimate of drug-likeness (QED) is 0.308. The molecule has 0 radical (unpaired) electrons. The number of anilines is 1. The number of carboxylic acids is 1. The minimum Gasteiger partial charge on any atom is -0.481 e. The number of benzene rings is 1. The molecule has 1 unspecified atom stereocenters. The van der Waals surface area contributed by atoms with Gasteiger partial charge in [0, 0.05) is 11.6 Å². The third-order valence-corrected chi connectivity index (χ3v) is 6.97. The zero-order chi connectivity index (χ0) is 26.1. The number of likely N-dealkylation sites (tertiary alicyclic amines) is 1. The van der Waals surface area contributed by atoms with Gasteiger partial charge in [0.2, 0.25) is 11.8 Å². The smallest absolute Gasteiger partial charge is 0.305 e. The average Bonchev–Trinajstić information content (AvgIpc) is 3.38. The van der Waals surface area contributed by atoms with Gasteiger partial charge in [-0.25, -0.2) is 0 Å². The first-order valence-electron chi connectivity index (χ1n) is 11.5. The van der Waals surface area contributed by atoms with Crippen LogP contribution in [0.15, 0.2) is 18.2 Å². The number of nitrogens with one attached hydrogen (secondary N) is 2. The number of aliphatic carboxylic acids is 1. The Morgan fingerprint density at radius 2 is 1.91 bits per heavy atom. The van der Waals surface area contributed by atoms with Crippen molar-refractivity contribution in [2.45, 2.75) is 70.6 Å². The topological polar surface area (TPSA) is 159 Å². The zero-order valence-electron chi connectivity index (χ0n) is 19.9. The number of amides is 3. The first kappa shape index (κ1) is 26.5. The number of piperidine rings is 1. The van der Waals surface area contributed by atoms with Crippen molar-refractivity contribution in [2.24, 2.45) is 11.3 Å². The molecule has 1 aliphatic carbocycles. The lowest BCUT2D eigenvalue weighted by atomic mass is 9.84. The summed E-state index contributed by atoms with van der Waals surface area (Å²) < 4.78 is 0. The number of nitrogen functional groups attached to an aromatic ring is 1. The number of halogens is 1. The third-order valence-electron chi connectivity index (χ3n) is 6.65. The molecular formula is C24H31ClN4O6. The van der Waals surface area contributed by atoms with Gasteiger partial charge in [0.25, 0.3) is 5.91 Å². The molecule has 0 aromatic heterocycles. The van der Waals surface area contributed by atoms with E-state index in [-0.39, 0.29) is 22.5 Å². The summed E-state index contributed by atoms with van der Waals surface area (Å²) in [5.41, 5.74) is 5.60. The monoisotopic (exact) mass is 506 g/mol. The van der Waals surface area contributed by atoms with Crippen molar-refractivity contribution in [1.29, 1.82) is 0 Å². The van der Waals surface area contributed by atoms with Gasteiger partial charge in [-0.15, -0.1) is 0 Å². The van der Waals surface area contributed by atoms with Crippen LogP contribution in [0.2, 0.25) is 5.02 Å². The number of carboxylic acid groups (broad SMARTS) is 1. The van der Waals surface area contributed by atoms with Crippen molar-refractivity contribution in [3.63, 3.8) is 0 Å². The minimum atomic E-state index is -1.22. The summed E-state index contributed by atoms with van der Waals surface area (Å²) in [7, 11) is 0. The molecular weight excluding hydrogens is 476 g/mol. The molecule has 11 heteroatoms. The molecule has 190 valence electrons. The fourth-order valence-corrected chi connectivity index (χ4v) is 5.09. The molecule has 2 fully saturated rings. The average molecular weight is 507 g/mol. The van der Waals surface area contributed by atoms with Gasteiger partial charge in [0.15, 0.2) is 0 Å². The maximum absolute atomic E-state index is 13.8. The van der Waals surface area contributed by atoms with Crippen LogP contribution < -0.4 is 16.4 Å². The maximum atomic E-state index is 13.8. The largest absolute Gasteiger partial charge is 0.481 e. The van der Waals surface area contributed by atoms with E-state index >= 15 is 0 Å².